The van der Waals surface area contributed by atoms with Crippen molar-refractivity contribution in [3.63, 3.8) is 0 Å². The van der Waals surface area contributed by atoms with E-state index < -0.39 is 6.09 Å². The zero-order valence-electron chi connectivity index (χ0n) is 18.4. The van der Waals surface area contributed by atoms with Gasteiger partial charge in [-0.2, -0.15) is 0 Å². The fourth-order valence-electron chi connectivity index (χ4n) is 4.94. The van der Waals surface area contributed by atoms with E-state index in [1.54, 1.807) is 17.0 Å². The van der Waals surface area contributed by atoms with Crippen molar-refractivity contribution in [1.29, 1.82) is 0 Å². The first-order valence-corrected chi connectivity index (χ1v) is 11.8. The molecule has 0 radical (unpaired) electrons. The Morgan fingerprint density at radius 1 is 1.06 bits per heavy atom. The number of benzene rings is 1. The molecule has 4 rings (SSSR count). The Balaban J connectivity index is 1.45. The molecular weight excluding hydrogens is 453 g/mol. The number of nitrogens with zero attached hydrogens (tertiary/aromatic N) is 3. The highest BCUT2D eigenvalue weighted by atomic mass is 35.5. The van der Waals surface area contributed by atoms with Crippen molar-refractivity contribution in [3.05, 3.63) is 33.8 Å². The highest BCUT2D eigenvalue weighted by molar-refractivity contribution is 6.42. The third kappa shape index (κ3) is 4.42. The van der Waals surface area contributed by atoms with Crippen LogP contribution in [0.1, 0.15) is 44.1 Å². The number of rotatable bonds is 4. The number of carbonyl (C=O) groups is 3. The van der Waals surface area contributed by atoms with Crippen LogP contribution in [-0.4, -0.2) is 77.0 Å². The molecule has 2 aliphatic heterocycles. The summed E-state index contributed by atoms with van der Waals surface area (Å²) in [5.41, 5.74) is 0.680. The number of piperidine rings is 1. The summed E-state index contributed by atoms with van der Waals surface area (Å²) in [7, 11) is 1.54. The SMILES string of the molecule is CN(C(=O)O)[C@H]1CN(C(=O)C2CCN(C(=O)C3(C)CC3)CC2)C[C@@H]1c1ccc(Cl)c(Cl)c1. The number of likely N-dealkylation sites (tertiary alicyclic amines) is 2. The van der Waals surface area contributed by atoms with Crippen molar-refractivity contribution in [2.24, 2.45) is 11.3 Å². The number of halogens is 2. The number of hydrogen-bond donors (Lipinski definition) is 1. The molecule has 1 aliphatic carbocycles. The number of likely N-dealkylation sites (N-methyl/N-ethyl adjacent to an activating group) is 1. The molecular formula is C23H29Cl2N3O4. The van der Waals surface area contributed by atoms with Gasteiger partial charge >= 0.3 is 6.09 Å². The summed E-state index contributed by atoms with van der Waals surface area (Å²) in [5.74, 6) is -0.0748. The van der Waals surface area contributed by atoms with Gasteiger partial charge in [-0.15, -0.1) is 0 Å². The minimum Gasteiger partial charge on any atom is -0.465 e. The van der Waals surface area contributed by atoms with Gasteiger partial charge in [-0.05, 0) is 43.4 Å². The molecule has 0 spiro atoms. The van der Waals surface area contributed by atoms with E-state index in [0.29, 0.717) is 49.1 Å². The first-order chi connectivity index (χ1) is 15.1. The molecule has 7 nitrogen and oxygen atoms in total. The number of hydrogen-bond acceptors (Lipinski definition) is 3. The summed E-state index contributed by atoms with van der Waals surface area (Å²) in [6.45, 7) is 3.99. The first kappa shape index (κ1) is 23.2. The monoisotopic (exact) mass is 481 g/mol. The molecule has 3 fully saturated rings. The number of amides is 3. The third-order valence-corrected chi connectivity index (χ3v) is 8.16. The van der Waals surface area contributed by atoms with E-state index in [-0.39, 0.29) is 35.1 Å². The van der Waals surface area contributed by atoms with E-state index in [4.69, 9.17) is 23.2 Å². The van der Waals surface area contributed by atoms with Gasteiger partial charge in [0.25, 0.3) is 0 Å². The normalized spacial score (nSPS) is 25.0. The van der Waals surface area contributed by atoms with Crippen LogP contribution in [-0.2, 0) is 9.59 Å². The Bertz CT molecular complexity index is 928. The lowest BCUT2D eigenvalue weighted by Gasteiger charge is -2.34. The quantitative estimate of drug-likeness (QED) is 0.705. The van der Waals surface area contributed by atoms with Crippen molar-refractivity contribution < 1.29 is 19.5 Å². The molecule has 174 valence electrons. The molecule has 3 amide bonds. The summed E-state index contributed by atoms with van der Waals surface area (Å²) in [6, 6.07) is 4.94. The van der Waals surface area contributed by atoms with Crippen LogP contribution in [0.5, 0.6) is 0 Å². The minimum absolute atomic E-state index is 0.0427. The maximum atomic E-state index is 13.3. The van der Waals surface area contributed by atoms with Gasteiger partial charge in [0, 0.05) is 50.5 Å². The average molecular weight is 482 g/mol. The van der Waals surface area contributed by atoms with E-state index in [9.17, 15) is 19.5 Å². The molecule has 1 aromatic rings. The maximum Gasteiger partial charge on any atom is 0.407 e. The van der Waals surface area contributed by atoms with Gasteiger partial charge in [-0.3, -0.25) is 9.59 Å². The second-order valence-corrected chi connectivity index (χ2v) is 10.4. The lowest BCUT2D eigenvalue weighted by atomic mass is 9.93. The van der Waals surface area contributed by atoms with Crippen LogP contribution in [0, 0.1) is 11.3 Å². The molecule has 1 aromatic carbocycles. The van der Waals surface area contributed by atoms with Gasteiger partial charge in [-0.1, -0.05) is 36.2 Å². The summed E-state index contributed by atoms with van der Waals surface area (Å²) in [4.78, 5) is 42.6. The first-order valence-electron chi connectivity index (χ1n) is 11.1. The topological polar surface area (TPSA) is 81.2 Å². The van der Waals surface area contributed by atoms with E-state index in [0.717, 1.165) is 18.4 Å². The Labute approximate surface area is 198 Å². The van der Waals surface area contributed by atoms with Gasteiger partial charge in [0.05, 0.1) is 16.1 Å². The van der Waals surface area contributed by atoms with Crippen molar-refractivity contribution in [2.75, 3.05) is 33.2 Å². The van der Waals surface area contributed by atoms with Gasteiger partial charge < -0.3 is 19.8 Å². The van der Waals surface area contributed by atoms with Crippen LogP contribution in [0.2, 0.25) is 10.0 Å². The zero-order chi connectivity index (χ0) is 23.2. The van der Waals surface area contributed by atoms with Crippen LogP contribution in [0.15, 0.2) is 18.2 Å². The standard InChI is InChI=1S/C23H29Cl2N3O4/c1-23(7-8-23)21(30)27-9-5-14(6-10-27)20(29)28-12-16(19(13-28)26(2)22(31)32)15-3-4-17(24)18(25)11-15/h3-4,11,14,16,19H,5-10,12-13H2,1-2H3,(H,31,32)/t16-,19+/m1/s1. The molecule has 32 heavy (non-hydrogen) atoms. The highest BCUT2D eigenvalue weighted by Crippen LogP contribution is 2.47. The van der Waals surface area contributed by atoms with Crippen LogP contribution in [0.3, 0.4) is 0 Å². The number of carbonyl (C=O) groups excluding carboxylic acids is 2. The minimum atomic E-state index is -1.03. The zero-order valence-corrected chi connectivity index (χ0v) is 19.9. The van der Waals surface area contributed by atoms with Gasteiger partial charge in [-0.25, -0.2) is 4.79 Å². The van der Waals surface area contributed by atoms with E-state index in [1.807, 2.05) is 17.9 Å². The lowest BCUT2D eigenvalue weighted by molar-refractivity contribution is -0.142. The summed E-state index contributed by atoms with van der Waals surface area (Å²) < 4.78 is 0. The fourth-order valence-corrected chi connectivity index (χ4v) is 5.25. The van der Waals surface area contributed by atoms with Crippen molar-refractivity contribution in [3.8, 4) is 0 Å². The summed E-state index contributed by atoms with van der Waals surface area (Å²) >= 11 is 12.3. The molecule has 0 unspecified atom stereocenters. The summed E-state index contributed by atoms with van der Waals surface area (Å²) in [6.07, 6.45) is 2.16. The van der Waals surface area contributed by atoms with Crippen LogP contribution < -0.4 is 0 Å². The second-order valence-electron chi connectivity index (χ2n) is 9.61. The smallest absolute Gasteiger partial charge is 0.407 e. The largest absolute Gasteiger partial charge is 0.465 e. The van der Waals surface area contributed by atoms with Crippen molar-refractivity contribution in [2.45, 2.75) is 44.6 Å². The molecule has 2 saturated heterocycles. The van der Waals surface area contributed by atoms with E-state index in [1.165, 1.54) is 11.9 Å². The van der Waals surface area contributed by atoms with Gasteiger partial charge in [0.1, 0.15) is 0 Å². The molecule has 1 saturated carbocycles. The Morgan fingerprint density at radius 3 is 2.28 bits per heavy atom. The molecule has 3 aliphatic rings. The van der Waals surface area contributed by atoms with Crippen molar-refractivity contribution >= 4 is 41.1 Å². The molecule has 0 aromatic heterocycles. The van der Waals surface area contributed by atoms with E-state index in [2.05, 4.69) is 0 Å². The van der Waals surface area contributed by atoms with Crippen LogP contribution >= 0.6 is 23.2 Å². The Kier molecular flexibility index (Phi) is 6.34. The highest BCUT2D eigenvalue weighted by Gasteiger charge is 2.48. The molecule has 9 heteroatoms. The number of carboxylic acid groups (broad SMARTS) is 1. The molecule has 0 bridgehead atoms. The van der Waals surface area contributed by atoms with Crippen molar-refractivity contribution in [1.82, 2.24) is 14.7 Å². The van der Waals surface area contributed by atoms with Crippen LogP contribution in [0.4, 0.5) is 4.79 Å². The van der Waals surface area contributed by atoms with E-state index >= 15 is 0 Å². The average Bonchev–Trinajstić information content (AvgIpc) is 3.38. The van der Waals surface area contributed by atoms with Gasteiger partial charge in [0.15, 0.2) is 0 Å². The molecule has 1 N–H and O–H groups in total. The summed E-state index contributed by atoms with van der Waals surface area (Å²) in [5, 5.41) is 10.4. The molecule has 2 atom stereocenters. The fraction of sp³-hybridized carbons (Fsp3) is 0.609. The van der Waals surface area contributed by atoms with Crippen LogP contribution in [0.25, 0.3) is 0 Å². The van der Waals surface area contributed by atoms with Gasteiger partial charge in [0.2, 0.25) is 11.8 Å². The molecule has 2 heterocycles. The Morgan fingerprint density at radius 2 is 1.72 bits per heavy atom. The predicted molar refractivity (Wildman–Crippen MR) is 122 cm³/mol. The second kappa shape index (κ2) is 8.75. The maximum absolute atomic E-state index is 13.3. The Hall–Kier alpha value is -1.99. The third-order valence-electron chi connectivity index (χ3n) is 7.42. The lowest BCUT2D eigenvalue weighted by Crippen LogP contribution is -2.46. The predicted octanol–water partition coefficient (Wildman–Crippen LogP) is 3.94.